The molecule has 0 aromatic carbocycles. The van der Waals surface area contributed by atoms with Crippen LogP contribution >= 0.6 is 0 Å². The molecule has 368 valence electrons. The summed E-state index contributed by atoms with van der Waals surface area (Å²) >= 11 is 0. The number of allylic oxidation sites excluding steroid dienone is 6. The highest BCUT2D eigenvalue weighted by molar-refractivity contribution is 5.71. The minimum Gasteiger partial charge on any atom is -0.462 e. The van der Waals surface area contributed by atoms with Crippen LogP contribution in [0.15, 0.2) is 36.5 Å². The largest absolute Gasteiger partial charge is 0.462 e. The molecule has 0 aromatic rings. The molecule has 6 heteroatoms. The van der Waals surface area contributed by atoms with E-state index in [1.165, 1.54) is 167 Å². The van der Waals surface area contributed by atoms with E-state index in [2.05, 4.69) is 57.2 Å². The van der Waals surface area contributed by atoms with Gasteiger partial charge in [0.2, 0.25) is 0 Å². The number of unbranched alkanes of at least 4 members (excludes halogenated alkanes) is 33. The van der Waals surface area contributed by atoms with Crippen molar-refractivity contribution >= 4 is 17.9 Å². The number of hydrogen-bond acceptors (Lipinski definition) is 6. The Morgan fingerprint density at radius 3 is 0.921 bits per heavy atom. The topological polar surface area (TPSA) is 78.9 Å². The third kappa shape index (κ3) is 50.5. The summed E-state index contributed by atoms with van der Waals surface area (Å²) in [4.78, 5) is 38.0. The summed E-state index contributed by atoms with van der Waals surface area (Å²) in [5, 5.41) is 0. The first-order chi connectivity index (χ1) is 31.0. The SMILES string of the molecule is CCCCC/C=C\C/C=C\C/C=C\CCCCCCC(=O)O[C@@H](COC(=O)CCCCCCCCCCCCC)COC(=O)CCCCCCCCCCCCCCCCCCC. The average molecular weight is 885 g/mol. The van der Waals surface area contributed by atoms with Crippen molar-refractivity contribution in [3.63, 3.8) is 0 Å². The number of carbonyl (C=O) groups is 3. The number of hydrogen-bond donors (Lipinski definition) is 0. The molecule has 0 aliphatic heterocycles. The summed E-state index contributed by atoms with van der Waals surface area (Å²) in [7, 11) is 0. The van der Waals surface area contributed by atoms with Crippen LogP contribution in [0.2, 0.25) is 0 Å². The first kappa shape index (κ1) is 60.6. The predicted molar refractivity (Wildman–Crippen MR) is 270 cm³/mol. The zero-order valence-corrected chi connectivity index (χ0v) is 42.1. The predicted octanol–water partition coefficient (Wildman–Crippen LogP) is 18.1. The molecule has 0 fully saturated rings. The van der Waals surface area contributed by atoms with Gasteiger partial charge in [0.1, 0.15) is 13.2 Å². The van der Waals surface area contributed by atoms with Crippen LogP contribution in [0.4, 0.5) is 0 Å². The lowest BCUT2D eigenvalue weighted by molar-refractivity contribution is -0.167. The number of esters is 3. The lowest BCUT2D eigenvalue weighted by atomic mass is 10.0. The second kappa shape index (κ2) is 52.3. The number of ether oxygens (including phenoxy) is 3. The first-order valence-corrected chi connectivity index (χ1v) is 27.5. The maximum Gasteiger partial charge on any atom is 0.306 e. The van der Waals surface area contributed by atoms with Gasteiger partial charge >= 0.3 is 17.9 Å². The van der Waals surface area contributed by atoms with Crippen LogP contribution in [0.1, 0.15) is 290 Å². The zero-order chi connectivity index (χ0) is 45.8. The van der Waals surface area contributed by atoms with Crippen molar-refractivity contribution in [3.8, 4) is 0 Å². The van der Waals surface area contributed by atoms with E-state index in [1.807, 2.05) is 0 Å². The minimum atomic E-state index is -0.778. The standard InChI is InChI=1S/C57H104O6/c1-4-7-10-13-16-19-22-24-26-28-30-32-35-38-41-44-47-50-56(59)62-53-54(52-61-55(58)49-46-43-40-37-34-21-18-15-12-9-6-3)63-57(60)51-48-45-42-39-36-33-31-29-27-25-23-20-17-14-11-8-5-2/h17,20,25,27,31,33,54H,4-16,18-19,21-24,26,28-30,32,34-53H2,1-3H3/b20-17-,27-25-,33-31-/t54-/m0/s1. The smallest absolute Gasteiger partial charge is 0.306 e. The van der Waals surface area contributed by atoms with Crippen molar-refractivity contribution in [3.05, 3.63) is 36.5 Å². The van der Waals surface area contributed by atoms with Crippen LogP contribution in [0, 0.1) is 0 Å². The summed E-state index contributed by atoms with van der Waals surface area (Å²) in [6.45, 7) is 6.62. The molecule has 0 amide bonds. The number of rotatable bonds is 50. The van der Waals surface area contributed by atoms with Gasteiger partial charge in [0.25, 0.3) is 0 Å². The monoisotopic (exact) mass is 885 g/mol. The molecule has 63 heavy (non-hydrogen) atoms. The molecule has 0 heterocycles. The van der Waals surface area contributed by atoms with E-state index in [1.54, 1.807) is 0 Å². The Balaban J connectivity index is 4.35. The van der Waals surface area contributed by atoms with Gasteiger partial charge in [0.15, 0.2) is 6.10 Å². The van der Waals surface area contributed by atoms with Crippen molar-refractivity contribution in [1.29, 1.82) is 0 Å². The van der Waals surface area contributed by atoms with E-state index in [9.17, 15) is 14.4 Å². The summed E-state index contributed by atoms with van der Waals surface area (Å²) in [6.07, 6.45) is 61.3. The number of carbonyl (C=O) groups excluding carboxylic acids is 3. The fourth-order valence-electron chi connectivity index (χ4n) is 7.98. The Kier molecular flexibility index (Phi) is 50.3. The molecule has 0 unspecified atom stereocenters. The van der Waals surface area contributed by atoms with Gasteiger partial charge in [-0.15, -0.1) is 0 Å². The van der Waals surface area contributed by atoms with E-state index < -0.39 is 6.10 Å². The van der Waals surface area contributed by atoms with Gasteiger partial charge in [-0.1, -0.05) is 250 Å². The first-order valence-electron chi connectivity index (χ1n) is 27.5. The third-order valence-electron chi connectivity index (χ3n) is 12.1. The van der Waals surface area contributed by atoms with Gasteiger partial charge < -0.3 is 14.2 Å². The molecule has 0 spiro atoms. The normalized spacial score (nSPS) is 12.2. The summed E-state index contributed by atoms with van der Waals surface area (Å²) in [5.74, 6) is -0.884. The Labute approximate surface area is 391 Å². The van der Waals surface area contributed by atoms with Gasteiger partial charge in [-0.3, -0.25) is 14.4 Å². The molecule has 0 radical (unpaired) electrons. The van der Waals surface area contributed by atoms with Crippen LogP contribution in [-0.2, 0) is 28.6 Å². The molecule has 0 rings (SSSR count). The van der Waals surface area contributed by atoms with E-state index >= 15 is 0 Å². The quantitative estimate of drug-likeness (QED) is 0.0262. The maximum atomic E-state index is 12.8. The minimum absolute atomic E-state index is 0.0769. The Morgan fingerprint density at radius 2 is 0.571 bits per heavy atom. The Bertz CT molecular complexity index is 1060. The second-order valence-corrected chi connectivity index (χ2v) is 18.5. The molecule has 0 aliphatic rings. The molecular weight excluding hydrogens is 781 g/mol. The highest BCUT2D eigenvalue weighted by Crippen LogP contribution is 2.16. The molecule has 0 saturated carbocycles. The van der Waals surface area contributed by atoms with Crippen molar-refractivity contribution in [2.24, 2.45) is 0 Å². The van der Waals surface area contributed by atoms with Gasteiger partial charge in [0.05, 0.1) is 0 Å². The second-order valence-electron chi connectivity index (χ2n) is 18.5. The molecule has 6 nitrogen and oxygen atoms in total. The van der Waals surface area contributed by atoms with E-state index in [-0.39, 0.29) is 31.1 Å². The maximum absolute atomic E-state index is 12.8. The fourth-order valence-corrected chi connectivity index (χ4v) is 7.98. The highest BCUT2D eigenvalue weighted by Gasteiger charge is 2.19. The molecule has 0 aliphatic carbocycles. The van der Waals surface area contributed by atoms with E-state index in [4.69, 9.17) is 14.2 Å². The average Bonchev–Trinajstić information content (AvgIpc) is 3.28. The lowest BCUT2D eigenvalue weighted by Crippen LogP contribution is -2.30. The van der Waals surface area contributed by atoms with Crippen molar-refractivity contribution in [1.82, 2.24) is 0 Å². The van der Waals surface area contributed by atoms with Gasteiger partial charge in [-0.2, -0.15) is 0 Å². The van der Waals surface area contributed by atoms with Gasteiger partial charge in [-0.25, -0.2) is 0 Å². The molecule has 0 aromatic heterocycles. The summed E-state index contributed by atoms with van der Waals surface area (Å²) in [5.41, 5.74) is 0. The molecular formula is C57H104O6. The van der Waals surface area contributed by atoms with Gasteiger partial charge in [-0.05, 0) is 57.8 Å². The van der Waals surface area contributed by atoms with Crippen molar-refractivity contribution < 1.29 is 28.6 Å². The zero-order valence-electron chi connectivity index (χ0n) is 42.1. The van der Waals surface area contributed by atoms with Crippen LogP contribution in [0.25, 0.3) is 0 Å². The molecule has 0 saturated heterocycles. The van der Waals surface area contributed by atoms with E-state index in [0.717, 1.165) is 83.5 Å². The Hall–Kier alpha value is -2.37. The van der Waals surface area contributed by atoms with Crippen LogP contribution in [0.5, 0.6) is 0 Å². The highest BCUT2D eigenvalue weighted by atomic mass is 16.6. The summed E-state index contributed by atoms with van der Waals surface area (Å²) < 4.78 is 16.8. The van der Waals surface area contributed by atoms with E-state index in [0.29, 0.717) is 19.3 Å². The Morgan fingerprint density at radius 1 is 0.317 bits per heavy atom. The van der Waals surface area contributed by atoms with Crippen LogP contribution in [-0.4, -0.2) is 37.2 Å². The molecule has 1 atom stereocenters. The van der Waals surface area contributed by atoms with Crippen molar-refractivity contribution in [2.45, 2.75) is 297 Å². The van der Waals surface area contributed by atoms with Crippen LogP contribution in [0.3, 0.4) is 0 Å². The van der Waals surface area contributed by atoms with Crippen molar-refractivity contribution in [2.75, 3.05) is 13.2 Å². The molecule has 0 bridgehead atoms. The van der Waals surface area contributed by atoms with Crippen LogP contribution < -0.4 is 0 Å². The summed E-state index contributed by atoms with van der Waals surface area (Å²) in [6, 6.07) is 0. The van der Waals surface area contributed by atoms with Gasteiger partial charge in [0, 0.05) is 19.3 Å². The lowest BCUT2D eigenvalue weighted by Gasteiger charge is -2.18. The third-order valence-corrected chi connectivity index (χ3v) is 12.1. The fraction of sp³-hybridized carbons (Fsp3) is 0.842. The molecule has 0 N–H and O–H groups in total.